The third-order valence-corrected chi connectivity index (χ3v) is 6.90. The zero-order valence-electron chi connectivity index (χ0n) is 25.3. The summed E-state index contributed by atoms with van der Waals surface area (Å²) in [6.07, 6.45) is 1.75. The number of Topliss-reactive ketones (excluding diaryl/α,β-unsaturated/α-hetero) is 1. The van der Waals surface area contributed by atoms with Crippen molar-refractivity contribution in [3.05, 3.63) is 57.5 Å². The Morgan fingerprint density at radius 3 is 1.68 bits per heavy atom. The topological polar surface area (TPSA) is 113 Å². The molecule has 0 aliphatic heterocycles. The highest BCUT2D eigenvalue weighted by Crippen LogP contribution is 2.32. The lowest BCUT2D eigenvalue weighted by molar-refractivity contribution is 0.102. The van der Waals surface area contributed by atoms with E-state index in [0.717, 1.165) is 63.4 Å². The smallest absolute Gasteiger partial charge is 0.180 e. The van der Waals surface area contributed by atoms with Crippen molar-refractivity contribution in [1.82, 2.24) is 4.98 Å². The number of carbonyl (C=O) groups excluding carboxylic acids is 1. The summed E-state index contributed by atoms with van der Waals surface area (Å²) >= 11 is 4.66. The molecule has 3 N–H and O–H groups in total. The van der Waals surface area contributed by atoms with Crippen LogP contribution in [0.5, 0.6) is 11.5 Å². The van der Waals surface area contributed by atoms with Crippen LogP contribution in [-0.2, 0) is 9.47 Å². The van der Waals surface area contributed by atoms with Crippen LogP contribution in [0.1, 0.15) is 52.4 Å². The van der Waals surface area contributed by atoms with Crippen molar-refractivity contribution in [3.8, 4) is 22.8 Å². The van der Waals surface area contributed by atoms with Crippen molar-refractivity contribution in [2.45, 2.75) is 47.5 Å². The van der Waals surface area contributed by atoms with Crippen molar-refractivity contribution in [3.63, 3.8) is 0 Å². The number of alkyl halides is 1. The molecule has 0 amide bonds. The molecule has 0 aliphatic rings. The number of aromatic nitrogens is 1. The van der Waals surface area contributed by atoms with Crippen LogP contribution in [0, 0.1) is 27.7 Å². The number of rotatable bonds is 13. The fourth-order valence-corrected chi connectivity index (χ4v) is 4.95. The van der Waals surface area contributed by atoms with Crippen LogP contribution >= 0.6 is 27.3 Å². The van der Waals surface area contributed by atoms with Gasteiger partial charge in [-0.2, -0.15) is 0 Å². The lowest BCUT2D eigenvalue weighted by atomic mass is 9.99. The van der Waals surface area contributed by atoms with Gasteiger partial charge >= 0.3 is 0 Å². The molecule has 3 aromatic rings. The quantitative estimate of drug-likeness (QED) is 0.119. The Hall–Kier alpha value is -2.50. The molecular formula is C31H45BrN2O6S. The second-order valence-electron chi connectivity index (χ2n) is 9.20. The van der Waals surface area contributed by atoms with E-state index in [2.05, 4.69) is 34.8 Å². The summed E-state index contributed by atoms with van der Waals surface area (Å²) in [5.41, 5.74) is 12.8. The molecule has 0 unspecified atom stereocenters. The largest absolute Gasteiger partial charge is 0.493 e. The monoisotopic (exact) mass is 652 g/mol. The zero-order chi connectivity index (χ0) is 30.8. The molecule has 0 fully saturated rings. The molecule has 1 aromatic heterocycles. The van der Waals surface area contributed by atoms with Crippen LogP contribution < -0.4 is 15.2 Å². The number of hydrogen-bond acceptors (Lipinski definition) is 9. The van der Waals surface area contributed by atoms with Gasteiger partial charge in [0.25, 0.3) is 0 Å². The maximum Gasteiger partial charge on any atom is 0.180 e. The van der Waals surface area contributed by atoms with Gasteiger partial charge in [0.15, 0.2) is 10.9 Å². The van der Waals surface area contributed by atoms with E-state index in [1.54, 1.807) is 21.1 Å². The minimum absolute atomic E-state index is 0.107. The minimum Gasteiger partial charge on any atom is -0.493 e. The molecule has 0 saturated heterocycles. The number of aryl methyl sites for hydroxylation is 4. The van der Waals surface area contributed by atoms with Gasteiger partial charge in [0.2, 0.25) is 0 Å². The van der Waals surface area contributed by atoms with E-state index in [1.807, 2.05) is 43.5 Å². The van der Waals surface area contributed by atoms with Crippen LogP contribution in [0.2, 0.25) is 0 Å². The van der Waals surface area contributed by atoms with Crippen molar-refractivity contribution < 1.29 is 28.8 Å². The Kier molecular flexibility index (Phi) is 18.2. The summed E-state index contributed by atoms with van der Waals surface area (Å²) in [6, 6.07) is 7.92. The molecule has 1 heterocycles. The SMILES string of the molecule is CCO.COCCCOc1cc(C)c(-c2csc(N)n2)c(C)c1.COCCCOc1cc(C)c(C(=O)CBr)c(C)c1. The number of ether oxygens (including phenoxy) is 4. The third-order valence-electron chi connectivity index (χ3n) is 5.71. The first kappa shape index (κ1) is 36.5. The Morgan fingerprint density at radius 1 is 0.878 bits per heavy atom. The average molecular weight is 654 g/mol. The lowest BCUT2D eigenvalue weighted by Gasteiger charge is -2.12. The van der Waals surface area contributed by atoms with Crippen LogP contribution in [0.3, 0.4) is 0 Å². The number of ketones is 1. The molecule has 0 saturated carbocycles. The molecule has 2 aromatic carbocycles. The highest BCUT2D eigenvalue weighted by Gasteiger charge is 2.13. The van der Waals surface area contributed by atoms with Crippen molar-refractivity contribution in [2.24, 2.45) is 0 Å². The number of nitrogens with two attached hydrogens (primary N) is 1. The van der Waals surface area contributed by atoms with Crippen molar-refractivity contribution in [1.29, 1.82) is 0 Å². The van der Waals surface area contributed by atoms with E-state index in [4.69, 9.17) is 29.8 Å². The summed E-state index contributed by atoms with van der Waals surface area (Å²) in [4.78, 5) is 16.1. The fourth-order valence-electron chi connectivity index (χ4n) is 4.11. The number of anilines is 1. The minimum atomic E-state index is 0.107. The molecule has 0 spiro atoms. The number of benzene rings is 2. The van der Waals surface area contributed by atoms with Gasteiger partial charge in [0.1, 0.15) is 11.5 Å². The Bertz CT molecular complexity index is 1160. The Labute approximate surface area is 257 Å². The zero-order valence-corrected chi connectivity index (χ0v) is 27.7. The Morgan fingerprint density at radius 2 is 1.32 bits per heavy atom. The highest BCUT2D eigenvalue weighted by atomic mass is 79.9. The van der Waals surface area contributed by atoms with Crippen LogP contribution in [0.25, 0.3) is 11.3 Å². The predicted octanol–water partition coefficient (Wildman–Crippen LogP) is 6.72. The fraction of sp³-hybridized carbons (Fsp3) is 0.484. The predicted molar refractivity (Wildman–Crippen MR) is 172 cm³/mol. The molecule has 3 rings (SSSR count). The maximum atomic E-state index is 11.8. The number of carbonyl (C=O) groups is 1. The number of thiazole rings is 1. The second kappa shape index (κ2) is 20.4. The molecule has 0 bridgehead atoms. The molecule has 10 heteroatoms. The third kappa shape index (κ3) is 12.9. The van der Waals surface area contributed by atoms with Gasteiger partial charge in [0.05, 0.1) is 24.2 Å². The second-order valence-corrected chi connectivity index (χ2v) is 10.6. The number of halogens is 1. The summed E-state index contributed by atoms with van der Waals surface area (Å²) in [6.45, 7) is 12.6. The Balaban J connectivity index is 0.000000376. The van der Waals surface area contributed by atoms with Crippen LogP contribution in [-0.4, -0.2) is 68.5 Å². The van der Waals surface area contributed by atoms with Gasteiger partial charge in [0, 0.05) is 63.4 Å². The summed E-state index contributed by atoms with van der Waals surface area (Å²) < 4.78 is 21.3. The van der Waals surface area contributed by atoms with Crippen LogP contribution in [0.4, 0.5) is 5.13 Å². The first-order valence-electron chi connectivity index (χ1n) is 13.5. The number of hydrogen-bond donors (Lipinski definition) is 2. The summed E-state index contributed by atoms with van der Waals surface area (Å²) in [5, 5.41) is 10.5. The number of methoxy groups -OCH3 is 2. The standard InChI is InChI=1S/C15H20N2O2S.C14H19BrO3.C2H6O/c1-10-7-12(19-6-4-5-18-3)8-11(2)14(10)13-9-20-15(16)17-13;1-10-7-12(18-6-4-5-17-3)8-11(2)14(10)13(16)9-15;1-2-3/h7-9H,4-6H2,1-3H3,(H2,16,17);7-8H,4-6,9H2,1-3H3;3H,2H2,1H3. The van der Waals surface area contributed by atoms with Gasteiger partial charge in [-0.25, -0.2) is 4.98 Å². The van der Waals surface area contributed by atoms with E-state index in [1.165, 1.54) is 11.3 Å². The molecular weight excluding hydrogens is 608 g/mol. The molecule has 228 valence electrons. The molecule has 41 heavy (non-hydrogen) atoms. The van der Waals surface area contributed by atoms with E-state index in [-0.39, 0.29) is 12.4 Å². The maximum absolute atomic E-state index is 11.8. The van der Waals surface area contributed by atoms with Crippen LogP contribution in [0.15, 0.2) is 29.6 Å². The number of aliphatic hydroxyl groups is 1. The first-order chi connectivity index (χ1) is 19.6. The molecule has 0 radical (unpaired) electrons. The normalized spacial score (nSPS) is 10.3. The van der Waals surface area contributed by atoms with E-state index in [9.17, 15) is 4.79 Å². The highest BCUT2D eigenvalue weighted by molar-refractivity contribution is 9.09. The molecule has 0 aliphatic carbocycles. The summed E-state index contributed by atoms with van der Waals surface area (Å²) in [5.74, 6) is 1.81. The first-order valence-corrected chi connectivity index (χ1v) is 15.5. The lowest BCUT2D eigenvalue weighted by Crippen LogP contribution is -2.07. The van der Waals surface area contributed by atoms with Crippen molar-refractivity contribution >= 4 is 38.2 Å². The summed E-state index contributed by atoms with van der Waals surface area (Å²) in [7, 11) is 3.37. The van der Waals surface area contributed by atoms with Gasteiger partial charge in [-0.1, -0.05) is 15.9 Å². The molecule has 0 atom stereocenters. The van der Waals surface area contributed by atoms with Gasteiger partial charge < -0.3 is 29.8 Å². The van der Waals surface area contributed by atoms with E-state index >= 15 is 0 Å². The number of nitrogens with zero attached hydrogens (tertiary/aromatic N) is 1. The number of nitrogen functional groups attached to an aromatic ring is 1. The number of aliphatic hydroxyl groups excluding tert-OH is 1. The van der Waals surface area contributed by atoms with Crippen molar-refractivity contribution in [2.75, 3.05) is 58.3 Å². The molecule has 8 nitrogen and oxygen atoms in total. The van der Waals surface area contributed by atoms with Gasteiger partial charge in [-0.3, -0.25) is 4.79 Å². The van der Waals surface area contributed by atoms with Gasteiger partial charge in [-0.05, 0) is 81.1 Å². The van der Waals surface area contributed by atoms with E-state index in [0.29, 0.717) is 36.9 Å². The van der Waals surface area contributed by atoms with E-state index < -0.39 is 0 Å². The van der Waals surface area contributed by atoms with Gasteiger partial charge in [-0.15, -0.1) is 11.3 Å². The average Bonchev–Trinajstić information content (AvgIpc) is 3.34.